The van der Waals surface area contributed by atoms with Gasteiger partial charge in [-0.2, -0.15) is 0 Å². The predicted octanol–water partition coefficient (Wildman–Crippen LogP) is 2.75. The number of rotatable bonds is 2. The third kappa shape index (κ3) is 2.54. The van der Waals surface area contributed by atoms with Crippen LogP contribution >= 0.6 is 0 Å². The number of primary amides is 1. The first-order valence-electron chi connectivity index (χ1n) is 8.15. The van der Waals surface area contributed by atoms with Crippen LogP contribution in [-0.4, -0.2) is 15.5 Å². The molecule has 1 aromatic heterocycles. The quantitative estimate of drug-likeness (QED) is 0.784. The molecule has 0 unspecified atom stereocenters. The molecular formula is C20H17N3O2. The number of allylic oxidation sites excluding steroid dienone is 1. The number of aromatic nitrogens is 2. The lowest BCUT2D eigenvalue weighted by atomic mass is 10.0. The molecule has 0 saturated carbocycles. The molecule has 0 atom stereocenters. The number of amides is 1. The highest BCUT2D eigenvalue weighted by Gasteiger charge is 2.21. The highest BCUT2D eigenvalue weighted by Crippen LogP contribution is 2.28. The fourth-order valence-corrected chi connectivity index (χ4v) is 3.24. The van der Waals surface area contributed by atoms with Gasteiger partial charge in [-0.05, 0) is 54.3 Å². The fraction of sp³-hybridized carbons (Fsp3) is 0.150. The molecule has 1 aliphatic rings. The molecule has 2 heterocycles. The van der Waals surface area contributed by atoms with Crippen molar-refractivity contribution < 1.29 is 4.79 Å². The number of aryl methyl sites for hydroxylation is 1. The fourth-order valence-electron chi connectivity index (χ4n) is 3.24. The largest absolute Gasteiger partial charge is 0.366 e. The molecule has 5 heteroatoms. The molecule has 3 aromatic rings. The molecule has 4 rings (SSSR count). The van der Waals surface area contributed by atoms with Crippen molar-refractivity contribution in [2.24, 2.45) is 5.73 Å². The molecule has 0 spiro atoms. The summed E-state index contributed by atoms with van der Waals surface area (Å²) >= 11 is 0. The molecule has 0 fully saturated rings. The molecule has 5 nitrogen and oxygen atoms in total. The lowest BCUT2D eigenvalue weighted by Gasteiger charge is -2.07. The van der Waals surface area contributed by atoms with E-state index in [2.05, 4.69) is 30.1 Å². The van der Waals surface area contributed by atoms with E-state index in [1.54, 1.807) is 16.7 Å². The van der Waals surface area contributed by atoms with E-state index in [0.29, 0.717) is 28.8 Å². The van der Waals surface area contributed by atoms with Crippen LogP contribution in [0.2, 0.25) is 0 Å². The number of hydrogen-bond acceptors (Lipinski definition) is 3. The maximum Gasteiger partial charge on any atom is 0.261 e. The van der Waals surface area contributed by atoms with Crippen LogP contribution in [0, 0.1) is 6.92 Å². The number of hydrogen-bond donors (Lipinski definition) is 1. The topological polar surface area (TPSA) is 78.0 Å². The van der Waals surface area contributed by atoms with Crippen LogP contribution in [0.1, 0.15) is 33.7 Å². The standard InChI is InChI=1S/C20H17N3O2/c1-12-4-2-3-5-13(12)10-15-8-9-23-19(15)22-17-7-6-14(18(21)24)11-16(17)20(23)25/h2-7,10-11H,8-9H2,1H3,(H2,21,24). The summed E-state index contributed by atoms with van der Waals surface area (Å²) < 4.78 is 1.68. The molecule has 0 radical (unpaired) electrons. The van der Waals surface area contributed by atoms with Crippen molar-refractivity contribution in [3.05, 3.63) is 75.3 Å². The second-order valence-corrected chi connectivity index (χ2v) is 6.26. The minimum Gasteiger partial charge on any atom is -0.366 e. The van der Waals surface area contributed by atoms with Gasteiger partial charge < -0.3 is 5.73 Å². The van der Waals surface area contributed by atoms with Gasteiger partial charge in [0.15, 0.2) is 0 Å². The van der Waals surface area contributed by atoms with Crippen molar-refractivity contribution in [1.29, 1.82) is 0 Å². The van der Waals surface area contributed by atoms with Crippen molar-refractivity contribution in [2.75, 3.05) is 0 Å². The Morgan fingerprint density at radius 3 is 2.80 bits per heavy atom. The Morgan fingerprint density at radius 1 is 1.24 bits per heavy atom. The summed E-state index contributed by atoms with van der Waals surface area (Å²) in [7, 11) is 0. The summed E-state index contributed by atoms with van der Waals surface area (Å²) in [5.74, 6) is 0.152. The monoisotopic (exact) mass is 331 g/mol. The van der Waals surface area contributed by atoms with E-state index in [-0.39, 0.29) is 5.56 Å². The number of fused-ring (bicyclic) bond motifs is 2. The van der Waals surface area contributed by atoms with Gasteiger partial charge in [0.05, 0.1) is 10.9 Å². The predicted molar refractivity (Wildman–Crippen MR) is 98.2 cm³/mol. The zero-order valence-corrected chi connectivity index (χ0v) is 13.8. The Morgan fingerprint density at radius 2 is 2.04 bits per heavy atom. The van der Waals surface area contributed by atoms with Gasteiger partial charge in [0, 0.05) is 12.1 Å². The molecule has 2 N–H and O–H groups in total. The Bertz CT molecular complexity index is 1110. The van der Waals surface area contributed by atoms with E-state index in [1.807, 2.05) is 12.1 Å². The van der Waals surface area contributed by atoms with Gasteiger partial charge in [0.1, 0.15) is 5.82 Å². The minimum atomic E-state index is -0.549. The third-order valence-corrected chi connectivity index (χ3v) is 4.65. The van der Waals surface area contributed by atoms with Gasteiger partial charge in [-0.1, -0.05) is 24.3 Å². The summed E-state index contributed by atoms with van der Waals surface area (Å²) in [6, 6.07) is 12.9. The van der Waals surface area contributed by atoms with E-state index in [0.717, 1.165) is 17.6 Å². The van der Waals surface area contributed by atoms with E-state index >= 15 is 0 Å². The number of nitrogens with two attached hydrogens (primary N) is 1. The third-order valence-electron chi connectivity index (χ3n) is 4.65. The number of carbonyl (C=O) groups excluding carboxylic acids is 1. The smallest absolute Gasteiger partial charge is 0.261 e. The molecule has 1 amide bonds. The molecule has 25 heavy (non-hydrogen) atoms. The summed E-state index contributed by atoms with van der Waals surface area (Å²) in [5.41, 5.74) is 9.45. The van der Waals surface area contributed by atoms with E-state index in [9.17, 15) is 9.59 Å². The van der Waals surface area contributed by atoms with Crippen molar-refractivity contribution in [3.63, 3.8) is 0 Å². The molecule has 0 saturated heterocycles. The highest BCUT2D eigenvalue weighted by atomic mass is 16.1. The molecular weight excluding hydrogens is 314 g/mol. The second-order valence-electron chi connectivity index (χ2n) is 6.26. The Labute approximate surface area is 144 Å². The Hall–Kier alpha value is -3.21. The highest BCUT2D eigenvalue weighted by molar-refractivity contribution is 5.97. The molecule has 2 aromatic carbocycles. The van der Waals surface area contributed by atoms with Crippen LogP contribution < -0.4 is 11.3 Å². The molecule has 124 valence electrons. The lowest BCUT2D eigenvalue weighted by molar-refractivity contribution is 0.100. The van der Waals surface area contributed by atoms with Crippen molar-refractivity contribution >= 4 is 28.5 Å². The van der Waals surface area contributed by atoms with Gasteiger partial charge >= 0.3 is 0 Å². The van der Waals surface area contributed by atoms with E-state index in [1.165, 1.54) is 11.6 Å². The SMILES string of the molecule is Cc1ccccc1C=C1CCn2c1nc1ccc(C(N)=O)cc1c2=O. The van der Waals surface area contributed by atoms with E-state index in [4.69, 9.17) is 5.73 Å². The van der Waals surface area contributed by atoms with Crippen LogP contribution in [0.15, 0.2) is 47.3 Å². The van der Waals surface area contributed by atoms with Gasteiger partial charge in [0.25, 0.3) is 5.56 Å². The first kappa shape index (κ1) is 15.3. The van der Waals surface area contributed by atoms with Gasteiger partial charge in [-0.3, -0.25) is 14.2 Å². The zero-order valence-electron chi connectivity index (χ0n) is 13.8. The molecule has 1 aliphatic heterocycles. The van der Waals surface area contributed by atoms with Crippen molar-refractivity contribution in [2.45, 2.75) is 19.9 Å². The van der Waals surface area contributed by atoms with Crippen molar-refractivity contribution in [1.82, 2.24) is 9.55 Å². The first-order chi connectivity index (χ1) is 12.0. The summed E-state index contributed by atoms with van der Waals surface area (Å²) in [4.78, 5) is 28.8. The summed E-state index contributed by atoms with van der Waals surface area (Å²) in [6.45, 7) is 2.66. The van der Waals surface area contributed by atoms with E-state index < -0.39 is 5.91 Å². The van der Waals surface area contributed by atoms with Crippen molar-refractivity contribution in [3.8, 4) is 0 Å². The first-order valence-corrected chi connectivity index (χ1v) is 8.15. The minimum absolute atomic E-state index is 0.128. The maximum absolute atomic E-state index is 12.8. The second kappa shape index (κ2) is 5.70. The summed E-state index contributed by atoms with van der Waals surface area (Å²) in [5, 5.41) is 0.428. The summed E-state index contributed by atoms with van der Waals surface area (Å²) in [6.07, 6.45) is 2.86. The van der Waals surface area contributed by atoms with Gasteiger partial charge in [-0.15, -0.1) is 0 Å². The Balaban J connectivity index is 1.90. The van der Waals surface area contributed by atoms with Gasteiger partial charge in [-0.25, -0.2) is 4.98 Å². The average molecular weight is 331 g/mol. The van der Waals surface area contributed by atoms with Crippen LogP contribution in [0.3, 0.4) is 0 Å². The van der Waals surface area contributed by atoms with Crippen LogP contribution in [0.4, 0.5) is 0 Å². The van der Waals surface area contributed by atoms with Gasteiger partial charge in [0.2, 0.25) is 5.91 Å². The Kier molecular flexibility index (Phi) is 3.50. The number of benzene rings is 2. The number of carbonyl (C=O) groups is 1. The molecule has 0 aliphatic carbocycles. The zero-order chi connectivity index (χ0) is 17.6. The number of nitrogens with zero attached hydrogens (tertiary/aromatic N) is 2. The maximum atomic E-state index is 12.8. The van der Waals surface area contributed by atoms with Crippen LogP contribution in [0.5, 0.6) is 0 Å². The normalized spacial score (nSPS) is 14.8. The lowest BCUT2D eigenvalue weighted by Crippen LogP contribution is -2.21. The van der Waals surface area contributed by atoms with Crippen LogP contribution in [-0.2, 0) is 6.54 Å². The molecule has 0 bridgehead atoms. The van der Waals surface area contributed by atoms with Crippen LogP contribution in [0.25, 0.3) is 22.6 Å². The average Bonchev–Trinajstić information content (AvgIpc) is 3.00.